The van der Waals surface area contributed by atoms with Crippen LogP contribution in [0.3, 0.4) is 0 Å². The van der Waals surface area contributed by atoms with E-state index >= 15 is 0 Å². The van der Waals surface area contributed by atoms with E-state index in [2.05, 4.69) is 25.8 Å². The minimum Gasteiger partial charge on any atom is -0.486 e. The van der Waals surface area contributed by atoms with Crippen molar-refractivity contribution in [3.05, 3.63) is 45.7 Å². The summed E-state index contributed by atoms with van der Waals surface area (Å²) in [6.45, 7) is 6.64. The van der Waals surface area contributed by atoms with Gasteiger partial charge in [0.05, 0.1) is 5.69 Å². The fourth-order valence-corrected chi connectivity index (χ4v) is 2.75. The third kappa shape index (κ3) is 3.98. The van der Waals surface area contributed by atoms with Crippen LogP contribution < -0.4 is 10.5 Å². The van der Waals surface area contributed by atoms with Gasteiger partial charge < -0.3 is 10.5 Å². The molecule has 0 aliphatic carbocycles. The van der Waals surface area contributed by atoms with Gasteiger partial charge in [0.15, 0.2) is 0 Å². The van der Waals surface area contributed by atoms with Crippen LogP contribution in [0.15, 0.2) is 23.6 Å². The molecule has 0 atom stereocenters. The molecule has 0 unspecified atom stereocenters. The molecular weight excluding hydrogens is 307 g/mol. The molecule has 2 N–H and O–H groups in total. The van der Waals surface area contributed by atoms with Gasteiger partial charge in [-0.25, -0.2) is 9.37 Å². The van der Waals surface area contributed by atoms with Gasteiger partial charge in [0.2, 0.25) is 0 Å². The maximum atomic E-state index is 13.7. The number of rotatable bonds is 4. The van der Waals surface area contributed by atoms with Crippen molar-refractivity contribution < 1.29 is 9.13 Å². The van der Waals surface area contributed by atoms with Gasteiger partial charge >= 0.3 is 0 Å². The highest BCUT2D eigenvalue weighted by Crippen LogP contribution is 2.25. The highest BCUT2D eigenvalue weighted by atomic mass is 32.1. The predicted molar refractivity (Wildman–Crippen MR) is 87.4 cm³/mol. The number of hydrogen-bond donors (Lipinski definition) is 1. The van der Waals surface area contributed by atoms with E-state index in [-0.39, 0.29) is 16.0 Å². The first-order valence-electron chi connectivity index (χ1n) is 6.44. The second-order valence-corrected chi connectivity index (χ2v) is 7.05. The zero-order valence-corrected chi connectivity index (χ0v) is 13.8. The van der Waals surface area contributed by atoms with E-state index in [0.29, 0.717) is 12.4 Å². The Morgan fingerprint density at radius 2 is 2.14 bits per heavy atom. The lowest BCUT2D eigenvalue weighted by atomic mass is 9.93. The summed E-state index contributed by atoms with van der Waals surface area (Å²) in [6.07, 6.45) is 0. The van der Waals surface area contributed by atoms with Crippen molar-refractivity contribution >= 4 is 28.5 Å². The van der Waals surface area contributed by atoms with Crippen LogP contribution in [0, 0.1) is 5.82 Å². The van der Waals surface area contributed by atoms with Gasteiger partial charge in [0.25, 0.3) is 0 Å². The lowest BCUT2D eigenvalue weighted by molar-refractivity contribution is 0.303. The minimum atomic E-state index is -0.477. The Kier molecular flexibility index (Phi) is 4.58. The standard InChI is InChI=1S/C15H17FN2OS2/c1-15(2,3)12-8-21-13(18-12)7-19-9-4-5-10(14(17)20)11(16)6-9/h4-6,8H,7H2,1-3H3,(H2,17,20). The van der Waals surface area contributed by atoms with Crippen molar-refractivity contribution in [1.29, 1.82) is 0 Å². The minimum absolute atomic E-state index is 0.0132. The number of benzene rings is 1. The van der Waals surface area contributed by atoms with Gasteiger partial charge in [0.1, 0.15) is 28.2 Å². The van der Waals surface area contributed by atoms with Gasteiger partial charge in [-0.1, -0.05) is 33.0 Å². The van der Waals surface area contributed by atoms with Crippen LogP contribution >= 0.6 is 23.6 Å². The average molecular weight is 324 g/mol. The third-order valence-corrected chi connectivity index (χ3v) is 3.93. The Labute approximate surface area is 133 Å². The Morgan fingerprint density at radius 3 is 2.67 bits per heavy atom. The number of nitrogens with zero attached hydrogens (tertiary/aromatic N) is 1. The first-order chi connectivity index (χ1) is 9.77. The molecule has 0 fully saturated rings. The number of thiocarbonyl (C=S) groups is 1. The maximum absolute atomic E-state index is 13.7. The molecule has 112 valence electrons. The number of nitrogens with two attached hydrogens (primary N) is 1. The molecule has 1 heterocycles. The van der Waals surface area contributed by atoms with E-state index in [9.17, 15) is 4.39 Å². The Hall–Kier alpha value is -1.53. The maximum Gasteiger partial charge on any atom is 0.140 e. The smallest absolute Gasteiger partial charge is 0.140 e. The third-order valence-electron chi connectivity index (χ3n) is 2.89. The molecule has 0 spiro atoms. The average Bonchev–Trinajstić information content (AvgIpc) is 2.84. The molecule has 21 heavy (non-hydrogen) atoms. The zero-order valence-electron chi connectivity index (χ0n) is 12.1. The SMILES string of the molecule is CC(C)(C)c1csc(COc2ccc(C(N)=S)c(F)c2)n1. The topological polar surface area (TPSA) is 48.1 Å². The number of thiazole rings is 1. The van der Waals surface area contributed by atoms with Crippen LogP contribution in [-0.4, -0.2) is 9.97 Å². The molecule has 0 saturated heterocycles. The van der Waals surface area contributed by atoms with E-state index in [1.807, 2.05) is 5.38 Å². The summed E-state index contributed by atoms with van der Waals surface area (Å²) in [5.41, 5.74) is 6.68. The quantitative estimate of drug-likeness (QED) is 0.869. The molecule has 0 aliphatic rings. The number of halogens is 1. The molecule has 0 aliphatic heterocycles. The monoisotopic (exact) mass is 324 g/mol. The van der Waals surface area contributed by atoms with Gasteiger partial charge in [-0.2, -0.15) is 0 Å². The van der Waals surface area contributed by atoms with E-state index in [4.69, 9.17) is 22.7 Å². The summed E-state index contributed by atoms with van der Waals surface area (Å²) < 4.78 is 19.3. The van der Waals surface area contributed by atoms with Crippen molar-refractivity contribution in [2.45, 2.75) is 32.8 Å². The van der Waals surface area contributed by atoms with Crippen molar-refractivity contribution in [2.75, 3.05) is 0 Å². The van der Waals surface area contributed by atoms with E-state index in [0.717, 1.165) is 10.7 Å². The van der Waals surface area contributed by atoms with Crippen LogP contribution in [0.1, 0.15) is 37.0 Å². The van der Waals surface area contributed by atoms with Crippen molar-refractivity contribution in [2.24, 2.45) is 5.73 Å². The summed E-state index contributed by atoms with van der Waals surface area (Å²) in [4.78, 5) is 4.56. The van der Waals surface area contributed by atoms with Crippen molar-refractivity contribution in [3.63, 3.8) is 0 Å². The highest BCUT2D eigenvalue weighted by molar-refractivity contribution is 7.80. The summed E-state index contributed by atoms with van der Waals surface area (Å²) in [6, 6.07) is 4.46. The van der Waals surface area contributed by atoms with E-state index < -0.39 is 5.82 Å². The molecule has 0 saturated carbocycles. The zero-order chi connectivity index (χ0) is 15.6. The molecule has 3 nitrogen and oxygen atoms in total. The van der Waals surface area contributed by atoms with Crippen LogP contribution in [0.25, 0.3) is 0 Å². The van der Waals surface area contributed by atoms with Crippen LogP contribution in [0.5, 0.6) is 5.75 Å². The number of ether oxygens (including phenoxy) is 1. The number of hydrogen-bond acceptors (Lipinski definition) is 4. The lowest BCUT2D eigenvalue weighted by Crippen LogP contribution is -2.12. The summed E-state index contributed by atoms with van der Waals surface area (Å²) in [7, 11) is 0. The summed E-state index contributed by atoms with van der Waals surface area (Å²) >= 11 is 6.30. The van der Waals surface area contributed by atoms with E-state index in [1.165, 1.54) is 23.5 Å². The molecule has 1 aromatic heterocycles. The Bertz CT molecular complexity index is 662. The van der Waals surface area contributed by atoms with Crippen LogP contribution in [0.2, 0.25) is 0 Å². The molecule has 2 aromatic rings. The molecule has 0 amide bonds. The molecule has 2 rings (SSSR count). The second-order valence-electron chi connectivity index (χ2n) is 5.67. The fourth-order valence-electron chi connectivity index (χ4n) is 1.65. The van der Waals surface area contributed by atoms with E-state index in [1.54, 1.807) is 6.07 Å². The fraction of sp³-hybridized carbons (Fsp3) is 0.333. The highest BCUT2D eigenvalue weighted by Gasteiger charge is 2.17. The first-order valence-corrected chi connectivity index (χ1v) is 7.73. The van der Waals surface area contributed by atoms with Gasteiger partial charge in [0, 0.05) is 22.4 Å². The largest absolute Gasteiger partial charge is 0.486 e. The Morgan fingerprint density at radius 1 is 1.43 bits per heavy atom. The molecule has 6 heteroatoms. The normalized spacial score (nSPS) is 11.4. The van der Waals surface area contributed by atoms with Crippen molar-refractivity contribution in [3.8, 4) is 5.75 Å². The molecule has 0 bridgehead atoms. The van der Waals surface area contributed by atoms with Gasteiger partial charge in [-0.3, -0.25) is 0 Å². The first kappa shape index (κ1) is 15.9. The second kappa shape index (κ2) is 6.07. The summed E-state index contributed by atoms with van der Waals surface area (Å²) in [5, 5.41) is 2.88. The van der Waals surface area contributed by atoms with Gasteiger partial charge in [-0.15, -0.1) is 11.3 Å². The number of aromatic nitrogens is 1. The molecule has 1 aromatic carbocycles. The van der Waals surface area contributed by atoms with Crippen LogP contribution in [-0.2, 0) is 12.0 Å². The predicted octanol–water partition coefficient (Wildman–Crippen LogP) is 3.79. The Balaban J connectivity index is 2.05. The lowest BCUT2D eigenvalue weighted by Gasteiger charge is -2.14. The van der Waals surface area contributed by atoms with Crippen molar-refractivity contribution in [1.82, 2.24) is 4.98 Å². The summed E-state index contributed by atoms with van der Waals surface area (Å²) in [5.74, 6) is -0.0467. The molecular formula is C15H17FN2OS2. The van der Waals surface area contributed by atoms with Gasteiger partial charge in [-0.05, 0) is 12.1 Å². The molecule has 0 radical (unpaired) electrons. The van der Waals surface area contributed by atoms with Crippen LogP contribution in [0.4, 0.5) is 4.39 Å².